The van der Waals surface area contributed by atoms with Gasteiger partial charge >= 0.3 is 0 Å². The van der Waals surface area contributed by atoms with E-state index in [1.807, 2.05) is 29.3 Å². The Hall–Kier alpha value is -2.89. The molecule has 1 aliphatic rings. The van der Waals surface area contributed by atoms with Crippen molar-refractivity contribution < 1.29 is 9.32 Å². The predicted octanol–water partition coefficient (Wildman–Crippen LogP) is 4.04. The molecule has 1 unspecified atom stereocenters. The summed E-state index contributed by atoms with van der Waals surface area (Å²) in [6.07, 6.45) is 5.64. The van der Waals surface area contributed by atoms with Crippen LogP contribution < -0.4 is 0 Å². The zero-order chi connectivity index (χ0) is 18.6. The molecule has 140 valence electrons. The van der Waals surface area contributed by atoms with Crippen molar-refractivity contribution in [2.45, 2.75) is 38.5 Å². The van der Waals surface area contributed by atoms with Gasteiger partial charge in [-0.3, -0.25) is 9.89 Å². The van der Waals surface area contributed by atoms with E-state index in [-0.39, 0.29) is 11.8 Å². The number of piperidine rings is 1. The molecule has 0 saturated carbocycles. The van der Waals surface area contributed by atoms with E-state index in [0.717, 1.165) is 54.8 Å². The maximum absolute atomic E-state index is 12.9. The van der Waals surface area contributed by atoms with Crippen LogP contribution in [0.3, 0.4) is 0 Å². The number of likely N-dealkylation sites (tertiary alicyclic amines) is 1. The Morgan fingerprint density at radius 3 is 3.00 bits per heavy atom. The van der Waals surface area contributed by atoms with Crippen LogP contribution in [0.5, 0.6) is 0 Å². The fourth-order valence-electron chi connectivity index (χ4n) is 3.79. The van der Waals surface area contributed by atoms with E-state index in [4.69, 9.17) is 4.52 Å². The van der Waals surface area contributed by atoms with Crippen LogP contribution in [0.2, 0.25) is 0 Å². The van der Waals surface area contributed by atoms with Crippen LogP contribution in [-0.2, 0) is 6.42 Å². The van der Waals surface area contributed by atoms with E-state index >= 15 is 0 Å². The molecule has 4 rings (SSSR count). The standard InChI is InChI=1S/C21H24N4O2/c1-2-7-17-12-19(24-27-17)21(26)25-11-6-10-16(14-25)20-18(13-22-23-20)15-8-4-3-5-9-15/h3-5,8-9,12-13,16H,2,6-7,10-11,14H2,1H3,(H,22,23). The summed E-state index contributed by atoms with van der Waals surface area (Å²) in [6.45, 7) is 3.49. The second kappa shape index (κ2) is 7.78. The van der Waals surface area contributed by atoms with E-state index in [1.165, 1.54) is 0 Å². The predicted molar refractivity (Wildman–Crippen MR) is 102 cm³/mol. The Balaban J connectivity index is 1.52. The Kier molecular flexibility index (Phi) is 5.05. The van der Waals surface area contributed by atoms with E-state index in [1.54, 1.807) is 6.07 Å². The average Bonchev–Trinajstić information content (AvgIpc) is 3.38. The molecule has 6 nitrogen and oxygen atoms in total. The van der Waals surface area contributed by atoms with Crippen molar-refractivity contribution in [3.63, 3.8) is 0 Å². The van der Waals surface area contributed by atoms with Crippen LogP contribution in [0.1, 0.15) is 54.0 Å². The van der Waals surface area contributed by atoms with Crippen molar-refractivity contribution in [2.75, 3.05) is 13.1 Å². The van der Waals surface area contributed by atoms with Gasteiger partial charge in [0.05, 0.1) is 6.20 Å². The lowest BCUT2D eigenvalue weighted by Crippen LogP contribution is -2.39. The number of hydrogen-bond donors (Lipinski definition) is 1. The van der Waals surface area contributed by atoms with Crippen molar-refractivity contribution in [1.29, 1.82) is 0 Å². The maximum Gasteiger partial charge on any atom is 0.276 e. The van der Waals surface area contributed by atoms with Crippen molar-refractivity contribution >= 4 is 5.91 Å². The molecule has 2 aromatic heterocycles. The topological polar surface area (TPSA) is 75.0 Å². The highest BCUT2D eigenvalue weighted by Crippen LogP contribution is 2.33. The summed E-state index contributed by atoms with van der Waals surface area (Å²) in [5.74, 6) is 0.961. The number of rotatable bonds is 5. The molecule has 0 aliphatic carbocycles. The van der Waals surface area contributed by atoms with Gasteiger partial charge in [-0.05, 0) is 24.8 Å². The first kappa shape index (κ1) is 17.5. The lowest BCUT2D eigenvalue weighted by Gasteiger charge is -2.32. The summed E-state index contributed by atoms with van der Waals surface area (Å²) in [7, 11) is 0. The van der Waals surface area contributed by atoms with Gasteiger partial charge in [-0.1, -0.05) is 42.4 Å². The summed E-state index contributed by atoms with van der Waals surface area (Å²) in [5.41, 5.74) is 3.77. The third-order valence-electron chi connectivity index (χ3n) is 5.14. The second-order valence-electron chi connectivity index (χ2n) is 7.08. The Morgan fingerprint density at radius 2 is 2.19 bits per heavy atom. The number of carbonyl (C=O) groups excluding carboxylic acids is 1. The number of aromatic nitrogens is 3. The van der Waals surface area contributed by atoms with Gasteiger partial charge in [-0.15, -0.1) is 0 Å². The van der Waals surface area contributed by atoms with E-state index in [0.29, 0.717) is 12.2 Å². The molecule has 1 atom stereocenters. The minimum Gasteiger partial charge on any atom is -0.361 e. The Labute approximate surface area is 158 Å². The van der Waals surface area contributed by atoms with Crippen LogP contribution in [0.25, 0.3) is 11.1 Å². The second-order valence-corrected chi connectivity index (χ2v) is 7.08. The van der Waals surface area contributed by atoms with Gasteiger partial charge in [0, 0.05) is 42.8 Å². The lowest BCUT2D eigenvalue weighted by molar-refractivity contribution is 0.0695. The Bertz CT molecular complexity index is 900. The minimum absolute atomic E-state index is 0.0495. The van der Waals surface area contributed by atoms with Crippen LogP contribution in [0, 0.1) is 0 Å². The van der Waals surface area contributed by atoms with E-state index in [2.05, 4.69) is 34.4 Å². The van der Waals surface area contributed by atoms with Crippen LogP contribution in [-0.4, -0.2) is 39.3 Å². The third-order valence-corrected chi connectivity index (χ3v) is 5.14. The monoisotopic (exact) mass is 364 g/mol. The lowest BCUT2D eigenvalue weighted by atomic mass is 9.90. The van der Waals surface area contributed by atoms with E-state index < -0.39 is 0 Å². The summed E-state index contributed by atoms with van der Waals surface area (Å²) in [5, 5.41) is 11.4. The highest BCUT2D eigenvalue weighted by Gasteiger charge is 2.29. The molecule has 1 fully saturated rings. The number of amides is 1. The fourth-order valence-corrected chi connectivity index (χ4v) is 3.79. The number of benzene rings is 1. The molecule has 0 spiro atoms. The minimum atomic E-state index is -0.0495. The normalized spacial score (nSPS) is 17.2. The van der Waals surface area contributed by atoms with Crippen LogP contribution in [0.15, 0.2) is 47.1 Å². The molecule has 1 aromatic carbocycles. The molecular formula is C21H24N4O2. The van der Waals surface area contributed by atoms with Crippen LogP contribution in [0.4, 0.5) is 0 Å². The van der Waals surface area contributed by atoms with Crippen molar-refractivity contribution in [3.8, 4) is 11.1 Å². The first-order valence-electron chi connectivity index (χ1n) is 9.59. The number of aryl methyl sites for hydroxylation is 1. The molecule has 1 saturated heterocycles. The number of carbonyl (C=O) groups is 1. The summed E-state index contributed by atoms with van der Waals surface area (Å²) < 4.78 is 5.28. The average molecular weight is 364 g/mol. The molecule has 0 radical (unpaired) electrons. The molecular weight excluding hydrogens is 340 g/mol. The molecule has 6 heteroatoms. The van der Waals surface area contributed by atoms with Crippen molar-refractivity contribution in [2.24, 2.45) is 0 Å². The molecule has 1 amide bonds. The number of H-pyrrole nitrogens is 1. The quantitative estimate of drug-likeness (QED) is 0.741. The zero-order valence-electron chi connectivity index (χ0n) is 15.5. The first-order chi connectivity index (χ1) is 13.3. The highest BCUT2D eigenvalue weighted by molar-refractivity contribution is 5.92. The summed E-state index contributed by atoms with van der Waals surface area (Å²) in [6, 6.07) is 12.0. The highest BCUT2D eigenvalue weighted by atomic mass is 16.5. The van der Waals surface area contributed by atoms with Gasteiger partial charge in [0.25, 0.3) is 5.91 Å². The Morgan fingerprint density at radius 1 is 1.33 bits per heavy atom. The number of aromatic amines is 1. The van der Waals surface area contributed by atoms with Gasteiger partial charge < -0.3 is 9.42 Å². The number of nitrogens with zero attached hydrogens (tertiary/aromatic N) is 3. The van der Waals surface area contributed by atoms with Crippen molar-refractivity contribution in [1.82, 2.24) is 20.3 Å². The third kappa shape index (κ3) is 3.65. The van der Waals surface area contributed by atoms with Gasteiger partial charge in [0.15, 0.2) is 5.69 Å². The molecule has 3 heterocycles. The zero-order valence-corrected chi connectivity index (χ0v) is 15.5. The smallest absolute Gasteiger partial charge is 0.276 e. The maximum atomic E-state index is 12.9. The molecule has 1 aliphatic heterocycles. The largest absolute Gasteiger partial charge is 0.361 e. The van der Waals surface area contributed by atoms with Crippen LogP contribution >= 0.6 is 0 Å². The summed E-state index contributed by atoms with van der Waals surface area (Å²) in [4.78, 5) is 14.8. The fraction of sp³-hybridized carbons (Fsp3) is 0.381. The van der Waals surface area contributed by atoms with Gasteiger partial charge in [-0.25, -0.2) is 0 Å². The molecule has 1 N–H and O–H groups in total. The number of hydrogen-bond acceptors (Lipinski definition) is 4. The number of nitrogens with one attached hydrogen (secondary N) is 1. The SMILES string of the molecule is CCCc1cc(C(=O)N2CCCC(c3[nH]ncc3-c3ccccc3)C2)no1. The van der Waals surface area contributed by atoms with E-state index in [9.17, 15) is 4.79 Å². The molecule has 3 aromatic rings. The first-order valence-corrected chi connectivity index (χ1v) is 9.59. The van der Waals surface area contributed by atoms with Gasteiger partial charge in [0.2, 0.25) is 0 Å². The van der Waals surface area contributed by atoms with Crippen molar-refractivity contribution in [3.05, 3.63) is 59.7 Å². The van der Waals surface area contributed by atoms with Gasteiger partial charge in [0.1, 0.15) is 5.76 Å². The van der Waals surface area contributed by atoms with Gasteiger partial charge in [-0.2, -0.15) is 5.10 Å². The summed E-state index contributed by atoms with van der Waals surface area (Å²) >= 11 is 0. The molecule has 0 bridgehead atoms. The molecule has 27 heavy (non-hydrogen) atoms.